The van der Waals surface area contributed by atoms with Gasteiger partial charge in [0.25, 0.3) is 0 Å². The van der Waals surface area contributed by atoms with E-state index in [2.05, 4.69) is 13.0 Å². The second-order valence-corrected chi connectivity index (χ2v) is 4.35. The van der Waals surface area contributed by atoms with Crippen molar-refractivity contribution in [2.45, 2.75) is 32.6 Å². The maximum absolute atomic E-state index is 9.14. The minimum absolute atomic E-state index is 0.682. The van der Waals surface area contributed by atoms with Gasteiger partial charge < -0.3 is 9.47 Å². The molecule has 0 aliphatic rings. The van der Waals surface area contributed by atoms with Crippen LogP contribution in [0.1, 0.15) is 38.2 Å². The molecular weight excluding hydrogens is 238 g/mol. The van der Waals surface area contributed by atoms with E-state index in [4.69, 9.17) is 14.7 Å². The molecule has 0 amide bonds. The summed E-state index contributed by atoms with van der Waals surface area (Å²) in [5.74, 6) is 1.38. The molecule has 19 heavy (non-hydrogen) atoms. The number of methoxy groups -OCH3 is 2. The van der Waals surface area contributed by atoms with Crippen molar-refractivity contribution < 1.29 is 9.47 Å². The first-order chi connectivity index (χ1) is 9.24. The van der Waals surface area contributed by atoms with Gasteiger partial charge in [0.05, 0.1) is 20.3 Å². The van der Waals surface area contributed by atoms with Crippen molar-refractivity contribution in [1.82, 2.24) is 0 Å². The summed E-state index contributed by atoms with van der Waals surface area (Å²) < 4.78 is 10.4. The fourth-order valence-electron chi connectivity index (χ4n) is 1.87. The molecule has 0 spiro atoms. The lowest BCUT2D eigenvalue weighted by molar-refractivity contribution is 0.355. The van der Waals surface area contributed by atoms with Crippen molar-refractivity contribution in [3.05, 3.63) is 29.3 Å². The van der Waals surface area contributed by atoms with Gasteiger partial charge >= 0.3 is 0 Å². The molecule has 0 saturated heterocycles. The average molecular weight is 259 g/mol. The van der Waals surface area contributed by atoms with Crippen molar-refractivity contribution in [2.75, 3.05) is 14.2 Å². The molecule has 0 aliphatic heterocycles. The second-order valence-electron chi connectivity index (χ2n) is 4.35. The summed E-state index contributed by atoms with van der Waals surface area (Å²) >= 11 is 0. The number of hydrogen-bond acceptors (Lipinski definition) is 3. The van der Waals surface area contributed by atoms with E-state index in [1.54, 1.807) is 14.2 Å². The highest BCUT2D eigenvalue weighted by molar-refractivity contribution is 5.60. The van der Waals surface area contributed by atoms with Crippen LogP contribution in [0.25, 0.3) is 6.08 Å². The molecule has 1 aromatic carbocycles. The van der Waals surface area contributed by atoms with Crippen LogP contribution >= 0.6 is 0 Å². The van der Waals surface area contributed by atoms with Gasteiger partial charge in [-0.05, 0) is 36.6 Å². The number of allylic oxidation sites excluding steroid dienone is 1. The number of unbranched alkanes of at least 4 members (excludes halogenated alkanes) is 2. The van der Waals surface area contributed by atoms with Crippen LogP contribution in [0, 0.1) is 11.3 Å². The lowest BCUT2D eigenvalue weighted by atomic mass is 10.1. The van der Waals surface area contributed by atoms with Crippen LogP contribution in [0.4, 0.5) is 0 Å². The number of rotatable bonds is 7. The maximum Gasteiger partial charge on any atom is 0.161 e. The molecule has 0 aliphatic carbocycles. The predicted octanol–water partition coefficient (Wildman–Crippen LogP) is 4.19. The quantitative estimate of drug-likeness (QED) is 0.544. The zero-order valence-corrected chi connectivity index (χ0v) is 11.9. The molecule has 0 atom stereocenters. The molecule has 3 nitrogen and oxygen atoms in total. The highest BCUT2D eigenvalue weighted by Gasteiger charge is 2.04. The Morgan fingerprint density at radius 1 is 1.21 bits per heavy atom. The highest BCUT2D eigenvalue weighted by Crippen LogP contribution is 2.28. The van der Waals surface area contributed by atoms with Crippen LogP contribution in [0.2, 0.25) is 0 Å². The molecule has 1 rings (SSSR count). The topological polar surface area (TPSA) is 42.2 Å². The molecule has 0 saturated carbocycles. The summed E-state index contributed by atoms with van der Waals surface area (Å²) in [4.78, 5) is 0. The van der Waals surface area contributed by atoms with Crippen molar-refractivity contribution >= 4 is 6.08 Å². The standard InChI is InChI=1S/C16H21NO2/c1-4-5-6-7-14(12-17)10-13-8-9-15(18-2)16(11-13)19-3/h8-11H,4-7H2,1-3H3/b14-10-. The maximum atomic E-state index is 9.14. The van der Waals surface area contributed by atoms with Crippen LogP contribution in [-0.2, 0) is 0 Å². The summed E-state index contributed by atoms with van der Waals surface area (Å²) in [5.41, 5.74) is 1.77. The SMILES string of the molecule is CCCCC/C(C#N)=C/c1ccc(OC)c(OC)c1. The Morgan fingerprint density at radius 2 is 1.95 bits per heavy atom. The summed E-state index contributed by atoms with van der Waals surface area (Å²) in [7, 11) is 3.22. The normalized spacial score (nSPS) is 10.9. The molecule has 0 unspecified atom stereocenters. The smallest absolute Gasteiger partial charge is 0.161 e. The summed E-state index contributed by atoms with van der Waals surface area (Å²) in [6.07, 6.45) is 6.12. The number of nitriles is 1. The Morgan fingerprint density at radius 3 is 2.53 bits per heavy atom. The zero-order chi connectivity index (χ0) is 14.1. The van der Waals surface area contributed by atoms with Gasteiger partial charge in [-0.15, -0.1) is 0 Å². The van der Waals surface area contributed by atoms with E-state index >= 15 is 0 Å². The van der Waals surface area contributed by atoms with Crippen LogP contribution in [-0.4, -0.2) is 14.2 Å². The van der Waals surface area contributed by atoms with Crippen LogP contribution in [0.15, 0.2) is 23.8 Å². The Balaban J connectivity index is 2.86. The second kappa shape index (κ2) is 8.20. The fourth-order valence-corrected chi connectivity index (χ4v) is 1.87. The molecule has 102 valence electrons. The number of benzene rings is 1. The van der Waals surface area contributed by atoms with E-state index in [0.29, 0.717) is 11.5 Å². The Hall–Kier alpha value is -1.95. The third kappa shape index (κ3) is 4.67. The molecule has 0 bridgehead atoms. The van der Waals surface area contributed by atoms with Crippen molar-refractivity contribution in [3.8, 4) is 17.6 Å². The Bertz CT molecular complexity index is 472. The number of ether oxygens (including phenoxy) is 2. The molecule has 1 aromatic rings. The number of hydrogen-bond donors (Lipinski definition) is 0. The lowest BCUT2D eigenvalue weighted by Gasteiger charge is -2.08. The average Bonchev–Trinajstić information content (AvgIpc) is 2.46. The van der Waals surface area contributed by atoms with Gasteiger partial charge in [-0.3, -0.25) is 0 Å². The Labute approximate surface area is 115 Å². The van der Waals surface area contributed by atoms with E-state index in [1.807, 2.05) is 24.3 Å². The van der Waals surface area contributed by atoms with E-state index in [9.17, 15) is 0 Å². The van der Waals surface area contributed by atoms with Gasteiger partial charge in [0.1, 0.15) is 0 Å². The van der Waals surface area contributed by atoms with E-state index < -0.39 is 0 Å². The summed E-state index contributed by atoms with van der Waals surface area (Å²) in [6.45, 7) is 2.16. The largest absolute Gasteiger partial charge is 0.493 e. The first-order valence-electron chi connectivity index (χ1n) is 6.57. The van der Waals surface area contributed by atoms with Crippen molar-refractivity contribution in [1.29, 1.82) is 5.26 Å². The molecule has 3 heteroatoms. The molecular formula is C16H21NO2. The summed E-state index contributed by atoms with van der Waals surface area (Å²) in [6, 6.07) is 7.93. The number of nitrogens with zero attached hydrogens (tertiary/aromatic N) is 1. The van der Waals surface area contributed by atoms with Crippen LogP contribution in [0.3, 0.4) is 0 Å². The monoisotopic (exact) mass is 259 g/mol. The van der Waals surface area contributed by atoms with Gasteiger partial charge in [-0.25, -0.2) is 0 Å². The molecule has 0 radical (unpaired) electrons. The minimum atomic E-state index is 0.682. The van der Waals surface area contributed by atoms with Crippen molar-refractivity contribution in [2.24, 2.45) is 0 Å². The summed E-state index contributed by atoms with van der Waals surface area (Å²) in [5, 5.41) is 9.14. The van der Waals surface area contributed by atoms with Gasteiger partial charge in [-0.1, -0.05) is 25.8 Å². The van der Waals surface area contributed by atoms with Crippen LogP contribution < -0.4 is 9.47 Å². The molecule has 0 aromatic heterocycles. The fraction of sp³-hybridized carbons (Fsp3) is 0.438. The van der Waals surface area contributed by atoms with Crippen LogP contribution in [0.5, 0.6) is 11.5 Å². The van der Waals surface area contributed by atoms with Crippen molar-refractivity contribution in [3.63, 3.8) is 0 Å². The molecule has 0 heterocycles. The first kappa shape index (κ1) is 15.1. The zero-order valence-electron chi connectivity index (χ0n) is 11.9. The predicted molar refractivity (Wildman–Crippen MR) is 77.3 cm³/mol. The van der Waals surface area contributed by atoms with Gasteiger partial charge in [0, 0.05) is 5.57 Å². The molecule has 0 N–H and O–H groups in total. The van der Waals surface area contributed by atoms with Gasteiger partial charge in [0.15, 0.2) is 11.5 Å². The van der Waals surface area contributed by atoms with Gasteiger partial charge in [0.2, 0.25) is 0 Å². The first-order valence-corrected chi connectivity index (χ1v) is 6.57. The highest BCUT2D eigenvalue weighted by atomic mass is 16.5. The Kier molecular flexibility index (Phi) is 6.52. The molecule has 0 fully saturated rings. The third-order valence-corrected chi connectivity index (χ3v) is 2.94. The van der Waals surface area contributed by atoms with E-state index in [-0.39, 0.29) is 0 Å². The lowest BCUT2D eigenvalue weighted by Crippen LogP contribution is -1.91. The minimum Gasteiger partial charge on any atom is -0.493 e. The van der Waals surface area contributed by atoms with Gasteiger partial charge in [-0.2, -0.15) is 5.26 Å². The van der Waals surface area contributed by atoms with E-state index in [0.717, 1.165) is 36.8 Å². The van der Waals surface area contributed by atoms with E-state index in [1.165, 1.54) is 0 Å². The third-order valence-electron chi connectivity index (χ3n) is 2.94.